The van der Waals surface area contributed by atoms with Gasteiger partial charge in [-0.05, 0) is 42.3 Å². The highest BCUT2D eigenvalue weighted by Gasteiger charge is 2.07. The largest absolute Gasteiger partial charge is 0.508 e. The number of rotatable bonds is 1. The zero-order chi connectivity index (χ0) is 11.7. The molecule has 0 saturated carbocycles. The standard InChI is InChI=1S/C13H12O3/c1-8-6-13(16)11(7-12(8)15)9-2-4-10(14)5-3-9/h2-7,14-16H,1H3. The first kappa shape index (κ1) is 10.4. The maximum Gasteiger partial charge on any atom is 0.123 e. The Hall–Kier alpha value is -2.16. The Morgan fingerprint density at radius 1 is 0.812 bits per heavy atom. The van der Waals surface area contributed by atoms with Gasteiger partial charge in [0, 0.05) is 5.56 Å². The van der Waals surface area contributed by atoms with Crippen LogP contribution in [0, 0.1) is 6.92 Å². The van der Waals surface area contributed by atoms with Crippen LogP contribution in [0.4, 0.5) is 0 Å². The summed E-state index contributed by atoms with van der Waals surface area (Å²) in [6.07, 6.45) is 0. The summed E-state index contributed by atoms with van der Waals surface area (Å²) >= 11 is 0. The second kappa shape index (κ2) is 3.77. The summed E-state index contributed by atoms with van der Waals surface area (Å²) in [4.78, 5) is 0. The molecule has 0 aromatic heterocycles. The molecule has 0 aliphatic carbocycles. The molecular weight excluding hydrogens is 204 g/mol. The Balaban J connectivity index is 2.56. The number of benzene rings is 2. The van der Waals surface area contributed by atoms with Crippen molar-refractivity contribution < 1.29 is 15.3 Å². The third-order valence-electron chi connectivity index (χ3n) is 2.49. The molecule has 0 heterocycles. The van der Waals surface area contributed by atoms with Crippen molar-refractivity contribution >= 4 is 0 Å². The topological polar surface area (TPSA) is 60.7 Å². The van der Waals surface area contributed by atoms with Gasteiger partial charge in [0.2, 0.25) is 0 Å². The van der Waals surface area contributed by atoms with Gasteiger partial charge in [-0.2, -0.15) is 0 Å². The molecule has 2 aromatic rings. The Morgan fingerprint density at radius 2 is 1.44 bits per heavy atom. The van der Waals surface area contributed by atoms with E-state index >= 15 is 0 Å². The Labute approximate surface area is 93.2 Å². The van der Waals surface area contributed by atoms with Gasteiger partial charge in [0.05, 0.1) is 0 Å². The van der Waals surface area contributed by atoms with Crippen molar-refractivity contribution in [2.75, 3.05) is 0 Å². The molecule has 0 bridgehead atoms. The Morgan fingerprint density at radius 3 is 2.06 bits per heavy atom. The van der Waals surface area contributed by atoms with Crippen LogP contribution in [-0.2, 0) is 0 Å². The highest BCUT2D eigenvalue weighted by molar-refractivity contribution is 5.72. The highest BCUT2D eigenvalue weighted by Crippen LogP contribution is 2.34. The number of aryl methyl sites for hydroxylation is 1. The van der Waals surface area contributed by atoms with E-state index in [1.165, 1.54) is 24.3 Å². The molecule has 0 amide bonds. The lowest BCUT2D eigenvalue weighted by Gasteiger charge is -2.07. The fourth-order valence-electron chi connectivity index (χ4n) is 1.55. The van der Waals surface area contributed by atoms with Crippen molar-refractivity contribution in [3.8, 4) is 28.4 Å². The van der Waals surface area contributed by atoms with Gasteiger partial charge in [-0.25, -0.2) is 0 Å². The van der Waals surface area contributed by atoms with Crippen LogP contribution in [0.15, 0.2) is 36.4 Å². The number of phenols is 3. The lowest BCUT2D eigenvalue weighted by molar-refractivity contribution is 0.458. The van der Waals surface area contributed by atoms with Gasteiger partial charge < -0.3 is 15.3 Å². The maximum absolute atomic E-state index is 9.76. The third kappa shape index (κ3) is 1.80. The van der Waals surface area contributed by atoms with Crippen LogP contribution in [0.25, 0.3) is 11.1 Å². The first-order valence-electron chi connectivity index (χ1n) is 4.90. The average Bonchev–Trinajstić information content (AvgIpc) is 2.25. The van der Waals surface area contributed by atoms with Crippen molar-refractivity contribution in [2.24, 2.45) is 0 Å². The number of hydrogen-bond donors (Lipinski definition) is 3. The summed E-state index contributed by atoms with van der Waals surface area (Å²) in [6, 6.07) is 9.45. The molecule has 16 heavy (non-hydrogen) atoms. The zero-order valence-corrected chi connectivity index (χ0v) is 8.81. The summed E-state index contributed by atoms with van der Waals surface area (Å²) < 4.78 is 0. The molecule has 0 aliphatic rings. The number of aromatic hydroxyl groups is 3. The van der Waals surface area contributed by atoms with Crippen LogP contribution in [-0.4, -0.2) is 15.3 Å². The fourth-order valence-corrected chi connectivity index (χ4v) is 1.55. The normalized spacial score (nSPS) is 10.3. The van der Waals surface area contributed by atoms with E-state index < -0.39 is 0 Å². The molecule has 3 nitrogen and oxygen atoms in total. The monoisotopic (exact) mass is 216 g/mol. The molecule has 0 radical (unpaired) electrons. The molecule has 82 valence electrons. The van der Waals surface area contributed by atoms with E-state index in [2.05, 4.69) is 0 Å². The van der Waals surface area contributed by atoms with Crippen LogP contribution in [0.3, 0.4) is 0 Å². The minimum absolute atomic E-state index is 0.112. The van der Waals surface area contributed by atoms with Crippen LogP contribution in [0.2, 0.25) is 0 Å². The van der Waals surface area contributed by atoms with Crippen LogP contribution < -0.4 is 0 Å². The van der Waals surface area contributed by atoms with Gasteiger partial charge >= 0.3 is 0 Å². The first-order chi connectivity index (χ1) is 7.58. The van der Waals surface area contributed by atoms with Crippen molar-refractivity contribution in [2.45, 2.75) is 6.92 Å². The van der Waals surface area contributed by atoms with Crippen molar-refractivity contribution in [1.29, 1.82) is 0 Å². The smallest absolute Gasteiger partial charge is 0.123 e. The molecular formula is C13H12O3. The predicted molar refractivity (Wildman–Crippen MR) is 61.6 cm³/mol. The molecule has 2 aromatic carbocycles. The Kier molecular flexibility index (Phi) is 2.44. The summed E-state index contributed by atoms with van der Waals surface area (Å²) in [7, 11) is 0. The summed E-state index contributed by atoms with van der Waals surface area (Å²) in [5, 5.41) is 28.5. The molecule has 0 fully saturated rings. The van der Waals surface area contributed by atoms with Gasteiger partial charge in [0.1, 0.15) is 17.2 Å². The summed E-state index contributed by atoms with van der Waals surface area (Å²) in [5.74, 6) is 0.418. The Bertz CT molecular complexity index is 515. The predicted octanol–water partition coefficient (Wildman–Crippen LogP) is 2.78. The number of phenolic OH excluding ortho intramolecular Hbond substituents is 3. The van der Waals surface area contributed by atoms with Crippen molar-refractivity contribution in [1.82, 2.24) is 0 Å². The van der Waals surface area contributed by atoms with Crippen molar-refractivity contribution in [3.05, 3.63) is 42.0 Å². The van der Waals surface area contributed by atoms with Gasteiger partial charge in [0.15, 0.2) is 0 Å². The van der Waals surface area contributed by atoms with E-state index in [1.807, 2.05) is 0 Å². The maximum atomic E-state index is 9.76. The van der Waals surface area contributed by atoms with E-state index in [0.29, 0.717) is 11.1 Å². The number of hydrogen-bond acceptors (Lipinski definition) is 3. The van der Waals surface area contributed by atoms with Gasteiger partial charge in [0.25, 0.3) is 0 Å². The molecule has 0 unspecified atom stereocenters. The van der Waals surface area contributed by atoms with Crippen molar-refractivity contribution in [3.63, 3.8) is 0 Å². The fraction of sp³-hybridized carbons (Fsp3) is 0.0769. The van der Waals surface area contributed by atoms with Gasteiger partial charge in [-0.1, -0.05) is 12.1 Å². The van der Waals surface area contributed by atoms with E-state index in [4.69, 9.17) is 5.11 Å². The molecule has 0 atom stereocenters. The molecule has 3 N–H and O–H groups in total. The molecule has 0 saturated heterocycles. The minimum Gasteiger partial charge on any atom is -0.508 e. The average molecular weight is 216 g/mol. The van der Waals surface area contributed by atoms with Crippen LogP contribution >= 0.6 is 0 Å². The van der Waals surface area contributed by atoms with Crippen LogP contribution in [0.5, 0.6) is 17.2 Å². The van der Waals surface area contributed by atoms with Gasteiger partial charge in [-0.3, -0.25) is 0 Å². The van der Waals surface area contributed by atoms with Crippen LogP contribution in [0.1, 0.15) is 5.56 Å². The van der Waals surface area contributed by atoms with E-state index in [-0.39, 0.29) is 17.2 Å². The second-order valence-corrected chi connectivity index (χ2v) is 3.70. The summed E-state index contributed by atoms with van der Waals surface area (Å²) in [5.41, 5.74) is 1.91. The van der Waals surface area contributed by atoms with E-state index in [0.717, 1.165) is 5.56 Å². The van der Waals surface area contributed by atoms with Gasteiger partial charge in [-0.15, -0.1) is 0 Å². The molecule has 0 aliphatic heterocycles. The van der Waals surface area contributed by atoms with E-state index in [9.17, 15) is 10.2 Å². The molecule has 3 heteroatoms. The zero-order valence-electron chi connectivity index (χ0n) is 8.81. The SMILES string of the molecule is Cc1cc(O)c(-c2ccc(O)cc2)cc1O. The third-order valence-corrected chi connectivity index (χ3v) is 2.49. The lowest BCUT2D eigenvalue weighted by atomic mass is 10.0. The highest BCUT2D eigenvalue weighted by atomic mass is 16.3. The second-order valence-electron chi connectivity index (χ2n) is 3.70. The summed E-state index contributed by atoms with van der Waals surface area (Å²) in [6.45, 7) is 1.72. The first-order valence-corrected chi connectivity index (χ1v) is 4.90. The molecule has 2 rings (SSSR count). The minimum atomic E-state index is 0.112. The lowest BCUT2D eigenvalue weighted by Crippen LogP contribution is -1.82. The quantitative estimate of drug-likeness (QED) is 0.642. The van der Waals surface area contributed by atoms with E-state index in [1.54, 1.807) is 19.1 Å². The molecule has 0 spiro atoms.